The van der Waals surface area contributed by atoms with E-state index < -0.39 is 0 Å². The molecule has 3 nitrogen and oxygen atoms in total. The molecule has 0 saturated carbocycles. The molecule has 1 amide bonds. The minimum absolute atomic E-state index is 0.320. The van der Waals surface area contributed by atoms with Crippen molar-refractivity contribution in [3.8, 4) is 23.7 Å². The maximum absolute atomic E-state index is 11.0. The average molecular weight is 408 g/mol. The molecule has 2 aliphatic rings. The topological polar surface area (TPSA) is 32.3 Å². The SMILES string of the molecule is C(#CC1CCNCC1)c1ccccc1.[B]C(=O)N1CCC(C#Cc2ccccc2)CC1. The van der Waals surface area contributed by atoms with E-state index in [0.29, 0.717) is 11.8 Å². The van der Waals surface area contributed by atoms with Gasteiger partial charge in [-0.3, -0.25) is 4.79 Å². The van der Waals surface area contributed by atoms with Crippen LogP contribution in [0.1, 0.15) is 36.8 Å². The quantitative estimate of drug-likeness (QED) is 0.527. The Morgan fingerprint density at radius 1 is 0.774 bits per heavy atom. The molecule has 31 heavy (non-hydrogen) atoms. The zero-order valence-corrected chi connectivity index (χ0v) is 18.0. The molecule has 4 rings (SSSR count). The first-order chi connectivity index (χ1) is 15.2. The van der Waals surface area contributed by atoms with E-state index in [1.54, 1.807) is 4.90 Å². The maximum atomic E-state index is 11.0. The summed E-state index contributed by atoms with van der Waals surface area (Å²) in [5, 5.41) is 3.35. The van der Waals surface area contributed by atoms with Crippen molar-refractivity contribution in [2.45, 2.75) is 25.7 Å². The summed E-state index contributed by atoms with van der Waals surface area (Å²) in [4.78, 5) is 12.6. The minimum Gasteiger partial charge on any atom is -0.352 e. The third-order valence-corrected chi connectivity index (χ3v) is 5.53. The summed E-state index contributed by atoms with van der Waals surface area (Å²) in [6.07, 6.45) is 4.23. The fraction of sp³-hybridized carbons (Fsp3) is 0.370. The van der Waals surface area contributed by atoms with Gasteiger partial charge in [-0.25, -0.2) is 0 Å². The number of nitrogens with zero attached hydrogens (tertiary/aromatic N) is 1. The number of hydrogen-bond acceptors (Lipinski definition) is 2. The number of likely N-dealkylation sites (tertiary alicyclic amines) is 1. The fourth-order valence-electron chi connectivity index (χ4n) is 3.62. The molecule has 2 radical (unpaired) electrons. The van der Waals surface area contributed by atoms with Gasteiger partial charge in [0.15, 0.2) is 5.81 Å². The van der Waals surface area contributed by atoms with Gasteiger partial charge in [-0.05, 0) is 63.0 Å². The molecule has 0 atom stereocenters. The predicted molar refractivity (Wildman–Crippen MR) is 128 cm³/mol. The molecule has 1 N–H and O–H groups in total. The Morgan fingerprint density at radius 2 is 1.23 bits per heavy atom. The summed E-state index contributed by atoms with van der Waals surface area (Å²) in [6, 6.07) is 20.2. The van der Waals surface area contributed by atoms with Crippen LogP contribution in [0.2, 0.25) is 0 Å². The molecule has 0 spiro atoms. The first-order valence-electron chi connectivity index (χ1n) is 11.1. The van der Waals surface area contributed by atoms with Crippen molar-refractivity contribution >= 4 is 13.7 Å². The van der Waals surface area contributed by atoms with Crippen LogP contribution in [-0.4, -0.2) is 44.7 Å². The molecule has 2 aromatic rings. The molecule has 156 valence electrons. The van der Waals surface area contributed by atoms with Gasteiger partial charge in [0.25, 0.3) is 0 Å². The standard InChI is InChI=1S/C14H14BNO.C13H15N/c15-14(17)16-10-8-13(9-11-16)7-6-12-4-2-1-3-5-12;1-2-4-12(5-3-1)6-7-13-8-10-14-11-9-13/h1-5,13H,8-11H2;1-5,13-14H,8-11H2. The summed E-state index contributed by atoms with van der Waals surface area (Å²) in [5.74, 6) is 13.7. The van der Waals surface area contributed by atoms with E-state index >= 15 is 0 Å². The largest absolute Gasteiger partial charge is 0.352 e. The summed E-state index contributed by atoms with van der Waals surface area (Å²) in [7, 11) is 5.23. The summed E-state index contributed by atoms with van der Waals surface area (Å²) in [6.45, 7) is 3.69. The van der Waals surface area contributed by atoms with E-state index in [-0.39, 0.29) is 5.81 Å². The molecule has 2 saturated heterocycles. The van der Waals surface area contributed by atoms with Crippen LogP contribution in [0.5, 0.6) is 0 Å². The fourth-order valence-corrected chi connectivity index (χ4v) is 3.62. The van der Waals surface area contributed by atoms with Crippen molar-refractivity contribution in [2.75, 3.05) is 26.2 Å². The van der Waals surface area contributed by atoms with E-state index in [4.69, 9.17) is 7.85 Å². The van der Waals surface area contributed by atoms with Crippen LogP contribution in [0.3, 0.4) is 0 Å². The van der Waals surface area contributed by atoms with E-state index in [2.05, 4.69) is 41.1 Å². The number of carbonyl (C=O) groups excluding carboxylic acids is 1. The number of rotatable bonds is 0. The second-order valence-electron chi connectivity index (χ2n) is 7.89. The second kappa shape index (κ2) is 12.7. The Bertz CT molecular complexity index is 923. The van der Waals surface area contributed by atoms with Crippen molar-refractivity contribution in [1.29, 1.82) is 0 Å². The highest BCUT2D eigenvalue weighted by Gasteiger charge is 2.18. The predicted octanol–water partition coefficient (Wildman–Crippen LogP) is 4.08. The van der Waals surface area contributed by atoms with Gasteiger partial charge >= 0.3 is 0 Å². The number of carbonyl (C=O) groups is 1. The van der Waals surface area contributed by atoms with Crippen LogP contribution in [-0.2, 0) is 0 Å². The summed E-state index contributed by atoms with van der Waals surface area (Å²) >= 11 is 0. The highest BCUT2D eigenvalue weighted by Crippen LogP contribution is 2.16. The maximum Gasteiger partial charge on any atom is 0.200 e. The van der Waals surface area contributed by atoms with Crippen molar-refractivity contribution in [3.63, 3.8) is 0 Å². The molecule has 0 bridgehead atoms. The Morgan fingerprint density at radius 3 is 1.68 bits per heavy atom. The van der Waals surface area contributed by atoms with Gasteiger partial charge < -0.3 is 10.2 Å². The molecule has 2 aliphatic heterocycles. The second-order valence-corrected chi connectivity index (χ2v) is 7.89. The Balaban J connectivity index is 0.000000179. The molecule has 0 unspecified atom stereocenters. The number of hydrogen-bond donors (Lipinski definition) is 1. The lowest BCUT2D eigenvalue weighted by Crippen LogP contribution is -2.37. The first kappa shape index (κ1) is 22.7. The molecule has 2 aromatic carbocycles. The van der Waals surface area contributed by atoms with E-state index in [1.165, 1.54) is 12.8 Å². The summed E-state index contributed by atoms with van der Waals surface area (Å²) in [5.41, 5.74) is 2.18. The van der Waals surface area contributed by atoms with Crippen molar-refractivity contribution in [3.05, 3.63) is 71.8 Å². The van der Waals surface area contributed by atoms with Crippen LogP contribution < -0.4 is 5.32 Å². The van der Waals surface area contributed by atoms with Crippen molar-refractivity contribution in [1.82, 2.24) is 10.2 Å². The lowest BCUT2D eigenvalue weighted by Gasteiger charge is -2.29. The van der Waals surface area contributed by atoms with Crippen LogP contribution in [0.15, 0.2) is 60.7 Å². The Hall–Kier alpha value is -2.95. The monoisotopic (exact) mass is 408 g/mol. The van der Waals surface area contributed by atoms with E-state index in [1.807, 2.05) is 48.5 Å². The van der Waals surface area contributed by atoms with Crippen molar-refractivity contribution in [2.24, 2.45) is 11.8 Å². The highest BCUT2D eigenvalue weighted by molar-refractivity contribution is 6.56. The lowest BCUT2D eigenvalue weighted by molar-refractivity contribution is 0.202. The van der Waals surface area contributed by atoms with Gasteiger partial charge in [-0.2, -0.15) is 0 Å². The normalized spacial score (nSPS) is 16.6. The lowest BCUT2D eigenvalue weighted by atomic mass is 9.95. The van der Waals surface area contributed by atoms with Gasteiger partial charge in [0.1, 0.15) is 0 Å². The third kappa shape index (κ3) is 8.37. The minimum atomic E-state index is -0.320. The molecule has 2 heterocycles. The van der Waals surface area contributed by atoms with E-state index in [9.17, 15) is 4.79 Å². The van der Waals surface area contributed by atoms with Crippen molar-refractivity contribution < 1.29 is 4.79 Å². The van der Waals surface area contributed by atoms with Crippen LogP contribution in [0.25, 0.3) is 0 Å². The number of amides is 1. The zero-order chi connectivity index (χ0) is 21.7. The van der Waals surface area contributed by atoms with Gasteiger partial charge in [0.2, 0.25) is 7.85 Å². The van der Waals surface area contributed by atoms with Gasteiger partial charge in [-0.1, -0.05) is 60.1 Å². The molecular formula is C27H29BN2O. The smallest absolute Gasteiger partial charge is 0.200 e. The molecule has 0 aliphatic carbocycles. The number of benzene rings is 2. The third-order valence-electron chi connectivity index (χ3n) is 5.53. The van der Waals surface area contributed by atoms with E-state index in [0.717, 1.165) is 50.1 Å². The van der Waals surface area contributed by atoms with Gasteiger partial charge in [-0.15, -0.1) is 0 Å². The molecule has 2 fully saturated rings. The molecular weight excluding hydrogens is 379 g/mol. The van der Waals surface area contributed by atoms with Crippen LogP contribution >= 0.6 is 0 Å². The van der Waals surface area contributed by atoms with Crippen LogP contribution in [0.4, 0.5) is 4.79 Å². The summed E-state index contributed by atoms with van der Waals surface area (Å²) < 4.78 is 0. The first-order valence-corrected chi connectivity index (χ1v) is 11.1. The average Bonchev–Trinajstić information content (AvgIpc) is 2.84. The Kier molecular flexibility index (Phi) is 9.30. The zero-order valence-electron chi connectivity index (χ0n) is 18.0. The van der Waals surface area contributed by atoms with Crippen LogP contribution in [0, 0.1) is 35.5 Å². The molecule has 0 aromatic heterocycles. The highest BCUT2D eigenvalue weighted by atomic mass is 16.1. The number of piperidine rings is 2. The van der Waals surface area contributed by atoms with Gasteiger partial charge in [0.05, 0.1) is 0 Å². The van der Waals surface area contributed by atoms with Gasteiger partial charge in [0, 0.05) is 36.1 Å². The number of nitrogens with one attached hydrogen (secondary N) is 1. The molecule has 4 heteroatoms. The Labute approximate surface area is 188 Å².